The zero-order chi connectivity index (χ0) is 15.5. The molecule has 0 bridgehead atoms. The van der Waals surface area contributed by atoms with Gasteiger partial charge in [0.1, 0.15) is 12.4 Å². The smallest absolute Gasteiger partial charge is 0.414 e. The van der Waals surface area contributed by atoms with E-state index in [1.807, 2.05) is 43.3 Å². The highest BCUT2D eigenvalue weighted by molar-refractivity contribution is 5.91. The van der Waals surface area contributed by atoms with Crippen LogP contribution in [0.2, 0.25) is 0 Å². The van der Waals surface area contributed by atoms with E-state index >= 15 is 0 Å². The first-order chi connectivity index (χ1) is 10.7. The molecule has 4 nitrogen and oxygen atoms in total. The van der Waals surface area contributed by atoms with Crippen LogP contribution in [0, 0.1) is 6.92 Å². The van der Waals surface area contributed by atoms with Gasteiger partial charge in [0, 0.05) is 6.54 Å². The van der Waals surface area contributed by atoms with E-state index in [1.54, 1.807) is 11.0 Å². The fraction of sp³-hybridized carbons (Fsp3) is 0.278. The molecule has 1 aliphatic rings. The number of carbonyl (C=O) groups excluding carboxylic acids is 1. The van der Waals surface area contributed by atoms with Crippen molar-refractivity contribution < 1.29 is 14.6 Å². The minimum atomic E-state index is -0.411. The van der Waals surface area contributed by atoms with Crippen LogP contribution in [-0.4, -0.2) is 17.7 Å². The Morgan fingerprint density at radius 2 is 2.00 bits per heavy atom. The van der Waals surface area contributed by atoms with Crippen molar-refractivity contribution in [3.05, 3.63) is 59.2 Å². The van der Waals surface area contributed by atoms with Gasteiger partial charge in [-0.1, -0.05) is 36.4 Å². The van der Waals surface area contributed by atoms with Gasteiger partial charge < -0.3 is 9.84 Å². The second-order valence-corrected chi connectivity index (χ2v) is 5.52. The molecule has 0 radical (unpaired) electrons. The van der Waals surface area contributed by atoms with Gasteiger partial charge in [0.25, 0.3) is 0 Å². The summed E-state index contributed by atoms with van der Waals surface area (Å²) >= 11 is 0. The maximum absolute atomic E-state index is 12.4. The van der Waals surface area contributed by atoms with Gasteiger partial charge in [0.05, 0.1) is 5.69 Å². The number of amides is 1. The van der Waals surface area contributed by atoms with Crippen LogP contribution >= 0.6 is 0 Å². The summed E-state index contributed by atoms with van der Waals surface area (Å²) in [4.78, 5) is 13.9. The van der Waals surface area contributed by atoms with Gasteiger partial charge in [-0.25, -0.2) is 4.79 Å². The molecule has 0 aromatic heterocycles. The summed E-state index contributed by atoms with van der Waals surface area (Å²) in [6.07, 6.45) is 1.33. The van der Waals surface area contributed by atoms with Crippen molar-refractivity contribution in [2.45, 2.75) is 26.4 Å². The van der Waals surface area contributed by atoms with Crippen molar-refractivity contribution in [1.29, 1.82) is 0 Å². The van der Waals surface area contributed by atoms with Crippen LogP contribution in [0.25, 0.3) is 0 Å². The second-order valence-electron chi connectivity index (χ2n) is 5.52. The molecule has 0 saturated heterocycles. The number of phenolic OH excluding ortho intramolecular Hbond substituents is 1. The Hall–Kier alpha value is -2.49. The monoisotopic (exact) mass is 297 g/mol. The molecule has 1 N–H and O–H groups in total. The number of hydrogen-bond donors (Lipinski definition) is 1. The molecule has 2 aromatic rings. The van der Waals surface area contributed by atoms with E-state index in [0.717, 1.165) is 29.5 Å². The van der Waals surface area contributed by atoms with Crippen LogP contribution in [0.5, 0.6) is 5.75 Å². The molecule has 1 aliphatic heterocycles. The Balaban J connectivity index is 1.79. The number of fused-ring (bicyclic) bond motifs is 1. The molecular weight excluding hydrogens is 278 g/mol. The van der Waals surface area contributed by atoms with Gasteiger partial charge in [-0.05, 0) is 42.5 Å². The zero-order valence-corrected chi connectivity index (χ0v) is 12.6. The number of aromatic hydroxyl groups is 1. The Bertz CT molecular complexity index is 682. The van der Waals surface area contributed by atoms with E-state index in [0.29, 0.717) is 12.2 Å². The SMILES string of the molecule is Cc1ccc(O)c2c1CCCN2C(=O)OCc1ccccc1. The molecule has 0 aliphatic carbocycles. The number of aryl methyl sites for hydroxylation is 1. The molecule has 0 fully saturated rings. The summed E-state index contributed by atoms with van der Waals surface area (Å²) in [5, 5.41) is 10.1. The largest absolute Gasteiger partial charge is 0.506 e. The summed E-state index contributed by atoms with van der Waals surface area (Å²) < 4.78 is 5.40. The first kappa shape index (κ1) is 14.4. The van der Waals surface area contributed by atoms with Crippen LogP contribution in [0.3, 0.4) is 0 Å². The second kappa shape index (κ2) is 6.10. The highest BCUT2D eigenvalue weighted by atomic mass is 16.6. The van der Waals surface area contributed by atoms with E-state index in [4.69, 9.17) is 4.74 Å². The normalized spacial score (nSPS) is 13.6. The third kappa shape index (κ3) is 2.77. The first-order valence-corrected chi connectivity index (χ1v) is 7.46. The molecular formula is C18H19NO3. The van der Waals surface area contributed by atoms with Gasteiger partial charge in [0.2, 0.25) is 0 Å². The minimum Gasteiger partial charge on any atom is -0.506 e. The van der Waals surface area contributed by atoms with Gasteiger partial charge in [-0.2, -0.15) is 0 Å². The van der Waals surface area contributed by atoms with Crippen molar-refractivity contribution in [2.75, 3.05) is 11.4 Å². The number of ether oxygens (including phenoxy) is 1. The molecule has 22 heavy (non-hydrogen) atoms. The van der Waals surface area contributed by atoms with E-state index in [9.17, 15) is 9.90 Å². The Kier molecular flexibility index (Phi) is 4.00. The Morgan fingerprint density at radius 3 is 2.77 bits per heavy atom. The minimum absolute atomic E-state index is 0.136. The third-order valence-corrected chi connectivity index (χ3v) is 4.00. The summed E-state index contributed by atoms with van der Waals surface area (Å²) in [6, 6.07) is 13.1. The lowest BCUT2D eigenvalue weighted by Crippen LogP contribution is -2.36. The molecule has 0 unspecified atom stereocenters. The number of phenols is 1. The Morgan fingerprint density at radius 1 is 1.23 bits per heavy atom. The van der Waals surface area contributed by atoms with Crippen LogP contribution < -0.4 is 4.90 Å². The summed E-state index contributed by atoms with van der Waals surface area (Å²) in [7, 11) is 0. The van der Waals surface area contributed by atoms with Crippen molar-refractivity contribution in [1.82, 2.24) is 0 Å². The lowest BCUT2D eigenvalue weighted by atomic mass is 9.96. The third-order valence-electron chi connectivity index (χ3n) is 4.00. The maximum atomic E-state index is 12.4. The van der Waals surface area contributed by atoms with E-state index in [1.165, 1.54) is 0 Å². The number of benzene rings is 2. The van der Waals surface area contributed by atoms with Gasteiger partial charge >= 0.3 is 6.09 Å². The predicted molar refractivity (Wildman–Crippen MR) is 85.1 cm³/mol. The first-order valence-electron chi connectivity index (χ1n) is 7.46. The van der Waals surface area contributed by atoms with Crippen molar-refractivity contribution in [2.24, 2.45) is 0 Å². The van der Waals surface area contributed by atoms with Crippen LogP contribution in [0.1, 0.15) is 23.1 Å². The highest BCUT2D eigenvalue weighted by Crippen LogP contribution is 2.37. The van der Waals surface area contributed by atoms with Crippen LogP contribution in [-0.2, 0) is 17.8 Å². The van der Waals surface area contributed by atoms with Crippen molar-refractivity contribution in [3.8, 4) is 5.75 Å². The van der Waals surface area contributed by atoms with E-state index in [2.05, 4.69) is 0 Å². The quantitative estimate of drug-likeness (QED) is 0.917. The zero-order valence-electron chi connectivity index (χ0n) is 12.6. The molecule has 0 saturated carbocycles. The molecule has 3 rings (SSSR count). The highest BCUT2D eigenvalue weighted by Gasteiger charge is 2.27. The van der Waals surface area contributed by atoms with Gasteiger partial charge in [0.15, 0.2) is 0 Å². The molecule has 0 atom stereocenters. The molecule has 1 heterocycles. The number of anilines is 1. The number of carbonyl (C=O) groups is 1. The van der Waals surface area contributed by atoms with Crippen molar-refractivity contribution >= 4 is 11.8 Å². The van der Waals surface area contributed by atoms with Gasteiger partial charge in [-0.3, -0.25) is 4.90 Å². The van der Waals surface area contributed by atoms with E-state index in [-0.39, 0.29) is 12.4 Å². The number of rotatable bonds is 2. The molecule has 114 valence electrons. The summed E-state index contributed by atoms with van der Waals surface area (Å²) in [6.45, 7) is 2.80. The topological polar surface area (TPSA) is 49.8 Å². The molecule has 0 spiro atoms. The van der Waals surface area contributed by atoms with Crippen molar-refractivity contribution in [3.63, 3.8) is 0 Å². The average Bonchev–Trinajstić information content (AvgIpc) is 2.56. The maximum Gasteiger partial charge on any atom is 0.414 e. The van der Waals surface area contributed by atoms with Crippen LogP contribution in [0.15, 0.2) is 42.5 Å². The standard InChI is InChI=1S/C18H19NO3/c1-13-9-10-16(20)17-15(13)8-5-11-19(17)18(21)22-12-14-6-3-2-4-7-14/h2-4,6-7,9-10,20H,5,8,11-12H2,1H3. The lowest BCUT2D eigenvalue weighted by molar-refractivity contribution is 0.146. The molecule has 2 aromatic carbocycles. The predicted octanol–water partition coefficient (Wildman–Crippen LogP) is 3.79. The molecule has 4 heteroatoms. The van der Waals surface area contributed by atoms with Crippen LogP contribution in [0.4, 0.5) is 10.5 Å². The number of hydrogen-bond acceptors (Lipinski definition) is 3. The Labute approximate surface area is 130 Å². The summed E-state index contributed by atoms with van der Waals surface area (Å²) in [5.41, 5.74) is 3.67. The number of nitrogens with zero attached hydrogens (tertiary/aromatic N) is 1. The molecule has 1 amide bonds. The summed E-state index contributed by atoms with van der Waals surface area (Å²) in [5.74, 6) is 0.136. The van der Waals surface area contributed by atoms with E-state index < -0.39 is 6.09 Å². The lowest BCUT2D eigenvalue weighted by Gasteiger charge is -2.30. The average molecular weight is 297 g/mol. The fourth-order valence-corrected chi connectivity index (χ4v) is 2.85. The fourth-order valence-electron chi connectivity index (χ4n) is 2.85. The van der Waals surface area contributed by atoms with Gasteiger partial charge in [-0.15, -0.1) is 0 Å².